The molecular formula is C9H6F4O. The van der Waals surface area contributed by atoms with Gasteiger partial charge in [-0.2, -0.15) is 8.78 Å². The first-order chi connectivity index (χ1) is 6.34. The van der Waals surface area contributed by atoms with E-state index >= 15 is 0 Å². The van der Waals surface area contributed by atoms with Crippen molar-refractivity contribution in [2.75, 3.05) is 0 Å². The third-order valence-corrected chi connectivity index (χ3v) is 1.59. The van der Waals surface area contributed by atoms with Crippen LogP contribution >= 0.6 is 0 Å². The zero-order valence-electron chi connectivity index (χ0n) is 7.15. The maximum absolute atomic E-state index is 12.8. The standard InChI is InChI=1S/C9H6F4O/c1-9(12,13)8(14)7-5(10)3-2-4-6(7)11/h2-4H,1H3. The van der Waals surface area contributed by atoms with E-state index in [0.29, 0.717) is 6.92 Å². The second kappa shape index (κ2) is 3.40. The van der Waals surface area contributed by atoms with Crippen molar-refractivity contribution < 1.29 is 22.4 Å². The first kappa shape index (κ1) is 10.7. The first-order valence-corrected chi connectivity index (χ1v) is 3.70. The van der Waals surface area contributed by atoms with Gasteiger partial charge < -0.3 is 0 Å². The maximum Gasteiger partial charge on any atom is 0.307 e. The van der Waals surface area contributed by atoms with Crippen LogP contribution in [0.4, 0.5) is 17.6 Å². The highest BCUT2D eigenvalue weighted by Gasteiger charge is 2.36. The molecule has 0 aliphatic heterocycles. The van der Waals surface area contributed by atoms with Crippen molar-refractivity contribution in [1.82, 2.24) is 0 Å². The van der Waals surface area contributed by atoms with E-state index < -0.39 is 28.9 Å². The number of halogens is 4. The van der Waals surface area contributed by atoms with Crippen molar-refractivity contribution in [3.8, 4) is 0 Å². The highest BCUT2D eigenvalue weighted by Crippen LogP contribution is 2.22. The summed E-state index contributed by atoms with van der Waals surface area (Å²) in [7, 11) is 0. The Morgan fingerprint density at radius 1 is 1.21 bits per heavy atom. The Bertz CT molecular complexity index is 347. The summed E-state index contributed by atoms with van der Waals surface area (Å²) in [5.41, 5.74) is -1.19. The van der Waals surface area contributed by atoms with Gasteiger partial charge >= 0.3 is 5.92 Å². The predicted molar refractivity (Wildman–Crippen MR) is 41.3 cm³/mol. The highest BCUT2D eigenvalue weighted by atomic mass is 19.3. The largest absolute Gasteiger partial charge is 0.307 e. The molecule has 0 fully saturated rings. The minimum atomic E-state index is -3.77. The van der Waals surface area contributed by atoms with Crippen molar-refractivity contribution in [2.24, 2.45) is 0 Å². The fraction of sp³-hybridized carbons (Fsp3) is 0.222. The molecule has 0 amide bonds. The van der Waals surface area contributed by atoms with E-state index in [2.05, 4.69) is 0 Å². The molecule has 0 unspecified atom stereocenters. The van der Waals surface area contributed by atoms with Crippen LogP contribution in [0.2, 0.25) is 0 Å². The minimum Gasteiger partial charge on any atom is -0.287 e. The summed E-state index contributed by atoms with van der Waals surface area (Å²) in [6.45, 7) is 0.293. The number of hydrogen-bond donors (Lipinski definition) is 0. The van der Waals surface area contributed by atoms with E-state index in [1.807, 2.05) is 0 Å². The molecule has 1 nitrogen and oxygen atoms in total. The van der Waals surface area contributed by atoms with Gasteiger partial charge in [0.15, 0.2) is 0 Å². The quantitative estimate of drug-likeness (QED) is 0.537. The van der Waals surface area contributed by atoms with Gasteiger partial charge in [0.25, 0.3) is 0 Å². The zero-order valence-corrected chi connectivity index (χ0v) is 7.15. The Kier molecular flexibility index (Phi) is 2.59. The van der Waals surface area contributed by atoms with E-state index in [-0.39, 0.29) is 0 Å². The lowest BCUT2D eigenvalue weighted by molar-refractivity contribution is 0.0213. The van der Waals surface area contributed by atoms with Crippen molar-refractivity contribution in [3.05, 3.63) is 35.4 Å². The number of carbonyl (C=O) groups is 1. The fourth-order valence-electron chi connectivity index (χ4n) is 0.934. The summed E-state index contributed by atoms with van der Waals surface area (Å²) in [5.74, 6) is -8.19. The van der Waals surface area contributed by atoms with Crippen LogP contribution in [0.5, 0.6) is 0 Å². The van der Waals surface area contributed by atoms with Crippen LogP contribution in [-0.4, -0.2) is 11.7 Å². The van der Waals surface area contributed by atoms with Crippen molar-refractivity contribution in [3.63, 3.8) is 0 Å². The normalized spacial score (nSPS) is 11.5. The summed E-state index contributed by atoms with van der Waals surface area (Å²) in [5, 5.41) is 0. The molecule has 0 heterocycles. The number of hydrogen-bond acceptors (Lipinski definition) is 1. The van der Waals surface area contributed by atoms with Gasteiger partial charge in [-0.1, -0.05) is 6.07 Å². The fourth-order valence-corrected chi connectivity index (χ4v) is 0.934. The summed E-state index contributed by atoms with van der Waals surface area (Å²) in [6.07, 6.45) is 0. The number of ketones is 1. The second-order valence-electron chi connectivity index (χ2n) is 2.81. The molecule has 76 valence electrons. The lowest BCUT2D eigenvalue weighted by atomic mass is 10.1. The van der Waals surface area contributed by atoms with Gasteiger partial charge in [0.05, 0.1) is 5.56 Å². The molecule has 0 bridgehead atoms. The minimum absolute atomic E-state index is 0.293. The number of rotatable bonds is 2. The van der Waals surface area contributed by atoms with Crippen LogP contribution in [-0.2, 0) is 0 Å². The Hall–Kier alpha value is -1.39. The number of carbonyl (C=O) groups excluding carboxylic acids is 1. The Morgan fingerprint density at radius 2 is 1.64 bits per heavy atom. The number of alkyl halides is 2. The van der Waals surface area contributed by atoms with Gasteiger partial charge in [-0.25, -0.2) is 8.78 Å². The van der Waals surface area contributed by atoms with Gasteiger partial charge in [-0.15, -0.1) is 0 Å². The average Bonchev–Trinajstić information content (AvgIpc) is 2.01. The summed E-state index contributed by atoms with van der Waals surface area (Å²) in [4.78, 5) is 10.9. The Morgan fingerprint density at radius 3 is 2.00 bits per heavy atom. The molecule has 1 aromatic carbocycles. The third-order valence-electron chi connectivity index (χ3n) is 1.59. The monoisotopic (exact) mass is 206 g/mol. The second-order valence-corrected chi connectivity index (χ2v) is 2.81. The van der Waals surface area contributed by atoms with Crippen molar-refractivity contribution in [1.29, 1.82) is 0 Å². The molecule has 0 saturated carbocycles. The molecule has 0 spiro atoms. The summed E-state index contributed by atoms with van der Waals surface area (Å²) in [6, 6.07) is 2.50. The number of Topliss-reactive ketones (excluding diaryl/α,β-unsaturated/α-hetero) is 1. The summed E-state index contributed by atoms with van der Waals surface area (Å²) < 4.78 is 50.6. The molecule has 1 aromatic rings. The highest BCUT2D eigenvalue weighted by molar-refractivity contribution is 6.01. The first-order valence-electron chi connectivity index (χ1n) is 3.70. The van der Waals surface area contributed by atoms with Crippen molar-refractivity contribution >= 4 is 5.78 Å². The van der Waals surface area contributed by atoms with Crippen LogP contribution < -0.4 is 0 Å². The van der Waals surface area contributed by atoms with Crippen molar-refractivity contribution in [2.45, 2.75) is 12.8 Å². The topological polar surface area (TPSA) is 17.1 Å². The van der Waals surface area contributed by atoms with Crippen LogP contribution in [0.15, 0.2) is 18.2 Å². The molecular weight excluding hydrogens is 200 g/mol. The van der Waals surface area contributed by atoms with Gasteiger partial charge in [-0.3, -0.25) is 4.79 Å². The van der Waals surface area contributed by atoms with E-state index in [9.17, 15) is 22.4 Å². The maximum atomic E-state index is 12.8. The molecule has 0 aliphatic carbocycles. The molecule has 1 rings (SSSR count). The van der Waals surface area contributed by atoms with E-state index in [0.717, 1.165) is 18.2 Å². The van der Waals surface area contributed by atoms with Crippen LogP contribution in [0.1, 0.15) is 17.3 Å². The van der Waals surface area contributed by atoms with E-state index in [4.69, 9.17) is 0 Å². The van der Waals surface area contributed by atoms with Gasteiger partial charge in [0, 0.05) is 6.92 Å². The molecule has 0 aromatic heterocycles. The third kappa shape index (κ3) is 1.92. The molecule has 0 atom stereocenters. The molecule has 0 N–H and O–H groups in total. The van der Waals surface area contributed by atoms with E-state index in [1.165, 1.54) is 0 Å². The lowest BCUT2D eigenvalue weighted by Crippen LogP contribution is -2.26. The van der Waals surface area contributed by atoms with Crippen LogP contribution in [0.3, 0.4) is 0 Å². The number of benzene rings is 1. The Labute approximate surface area is 77.3 Å². The average molecular weight is 206 g/mol. The molecule has 14 heavy (non-hydrogen) atoms. The van der Waals surface area contributed by atoms with Crippen LogP contribution in [0.25, 0.3) is 0 Å². The van der Waals surface area contributed by atoms with E-state index in [1.54, 1.807) is 0 Å². The molecule has 0 radical (unpaired) electrons. The predicted octanol–water partition coefficient (Wildman–Crippen LogP) is 2.80. The smallest absolute Gasteiger partial charge is 0.287 e. The zero-order chi connectivity index (χ0) is 10.9. The van der Waals surface area contributed by atoms with Gasteiger partial charge in [-0.05, 0) is 12.1 Å². The van der Waals surface area contributed by atoms with Gasteiger partial charge in [0.1, 0.15) is 11.6 Å². The molecule has 0 aliphatic rings. The SMILES string of the molecule is CC(F)(F)C(=O)c1c(F)cccc1F. The summed E-state index contributed by atoms with van der Waals surface area (Å²) >= 11 is 0. The molecule has 5 heteroatoms. The lowest BCUT2D eigenvalue weighted by Gasteiger charge is -2.09. The van der Waals surface area contributed by atoms with Gasteiger partial charge in [0.2, 0.25) is 5.78 Å². The molecule has 0 saturated heterocycles. The van der Waals surface area contributed by atoms with Crippen LogP contribution in [0, 0.1) is 11.6 Å². The Balaban J connectivity index is 3.26.